The third kappa shape index (κ3) is 33.4. The van der Waals surface area contributed by atoms with Crippen molar-refractivity contribution >= 4 is 0 Å². The zero-order valence-corrected chi connectivity index (χ0v) is 42.3. The van der Waals surface area contributed by atoms with Crippen molar-refractivity contribution in [2.75, 3.05) is 6.61 Å². The average Bonchev–Trinajstić information content (AvgIpc) is 2.98. The van der Waals surface area contributed by atoms with E-state index in [1.54, 1.807) is 0 Å². The summed E-state index contributed by atoms with van der Waals surface area (Å²) in [5, 5.41) is 40.0. The molecule has 4 unspecified atom stereocenters. The second kappa shape index (κ2) is 32.7. The zero-order chi connectivity index (χ0) is 44.5. The third-order valence-electron chi connectivity index (χ3n) is 11.2. The predicted octanol–water partition coefficient (Wildman–Crippen LogP) is 14.5. The lowest BCUT2D eigenvalue weighted by Gasteiger charge is -2.36. The SMILES string of the molecule is CC(C)CC(C(C)C)C(C)C.CC(C)CC(CC(C)C)C(C)C.CC(C)CC(CO)(CC(C)C)CC(C)C.CC(C)CC(O)C(O)C(C(C)C)C(O)C(C)C. The smallest absolute Gasteiger partial charge is 0.0854 e. The van der Waals surface area contributed by atoms with E-state index < -0.39 is 18.3 Å². The second-order valence-corrected chi connectivity index (χ2v) is 22.7. The Morgan fingerprint density at radius 3 is 0.855 bits per heavy atom. The fraction of sp³-hybridized carbons (Fsp3) is 1.00. The molecule has 0 amide bonds. The first-order valence-corrected chi connectivity index (χ1v) is 23.5. The summed E-state index contributed by atoms with van der Waals surface area (Å²) in [5.41, 5.74) is 0.163. The molecule has 55 heavy (non-hydrogen) atoms. The summed E-state index contributed by atoms with van der Waals surface area (Å²) in [4.78, 5) is 0. The topological polar surface area (TPSA) is 80.9 Å². The van der Waals surface area contributed by atoms with Gasteiger partial charge in [0.15, 0.2) is 0 Å². The minimum absolute atomic E-state index is 0.0864. The molecule has 0 aromatic rings. The van der Waals surface area contributed by atoms with Crippen LogP contribution in [0, 0.1) is 94.2 Å². The Kier molecular flexibility index (Phi) is 36.5. The highest BCUT2D eigenvalue weighted by Crippen LogP contribution is 2.39. The number of hydrogen-bond donors (Lipinski definition) is 4. The van der Waals surface area contributed by atoms with Crippen molar-refractivity contribution in [3.05, 3.63) is 0 Å². The van der Waals surface area contributed by atoms with Gasteiger partial charge >= 0.3 is 0 Å². The van der Waals surface area contributed by atoms with Crippen LogP contribution in [0.25, 0.3) is 0 Å². The fourth-order valence-electron chi connectivity index (χ4n) is 9.07. The molecule has 0 saturated heterocycles. The lowest BCUT2D eigenvalue weighted by Crippen LogP contribution is -2.45. The van der Waals surface area contributed by atoms with Crippen LogP contribution in [0.1, 0.15) is 211 Å². The van der Waals surface area contributed by atoms with E-state index in [1.807, 2.05) is 41.5 Å². The monoisotopic (exact) mass is 787 g/mol. The van der Waals surface area contributed by atoms with Gasteiger partial charge in [-0.15, -0.1) is 0 Å². The van der Waals surface area contributed by atoms with Gasteiger partial charge in [-0.2, -0.15) is 0 Å². The molecule has 4 nitrogen and oxygen atoms in total. The first-order valence-electron chi connectivity index (χ1n) is 23.5. The molecule has 4 N–H and O–H groups in total. The van der Waals surface area contributed by atoms with Gasteiger partial charge in [0.25, 0.3) is 0 Å². The van der Waals surface area contributed by atoms with Crippen molar-refractivity contribution in [3.63, 3.8) is 0 Å². The van der Waals surface area contributed by atoms with Crippen LogP contribution in [-0.2, 0) is 0 Å². The Hall–Kier alpha value is -0.160. The standard InChI is InChI=1S/C14H30O3.C14H30O.C12H26.C11H24/c1-8(2)7-11(15)14(17)12(9(3)4)13(16)10(5)6;1-11(2)7-14(10-15,8-12(3)4)9-13(5)6;1-9(2)7-12(11(5)6)8-10(3)4;1-8(2)7-11(9(3)4)10(5)6/h8-17H,7H2,1-6H3;11-13,15H,7-10H2,1-6H3;9-12H,7-8H2,1-6H3;8-11H,7H2,1-6H3. The van der Waals surface area contributed by atoms with E-state index in [4.69, 9.17) is 0 Å². The molecule has 0 aromatic heterocycles. The van der Waals surface area contributed by atoms with Gasteiger partial charge in [-0.25, -0.2) is 0 Å². The van der Waals surface area contributed by atoms with Gasteiger partial charge in [-0.05, 0) is 133 Å². The minimum atomic E-state index is -0.852. The lowest BCUT2D eigenvalue weighted by molar-refractivity contribution is -0.0897. The summed E-state index contributed by atoms with van der Waals surface area (Å²) >= 11 is 0. The third-order valence-corrected chi connectivity index (χ3v) is 11.2. The molecule has 0 saturated carbocycles. The quantitative estimate of drug-likeness (QED) is 0.0831. The van der Waals surface area contributed by atoms with Crippen LogP contribution < -0.4 is 0 Å². The summed E-state index contributed by atoms with van der Waals surface area (Å²) in [5.74, 6) is 9.28. The summed E-state index contributed by atoms with van der Waals surface area (Å²) in [6.45, 7) is 53.7. The molecule has 0 rings (SSSR count). The number of aliphatic hydroxyl groups is 4. The Bertz CT molecular complexity index is 778. The normalized spacial score (nSPS) is 14.9. The molecule has 0 fully saturated rings. The van der Waals surface area contributed by atoms with Crippen molar-refractivity contribution < 1.29 is 20.4 Å². The van der Waals surface area contributed by atoms with Crippen LogP contribution in [0.15, 0.2) is 0 Å². The van der Waals surface area contributed by atoms with E-state index in [9.17, 15) is 20.4 Å². The Morgan fingerprint density at radius 2 is 0.673 bits per heavy atom. The molecule has 0 aliphatic carbocycles. The van der Waals surface area contributed by atoms with Gasteiger partial charge in [-0.3, -0.25) is 0 Å². The lowest BCUT2D eigenvalue weighted by atomic mass is 9.70. The molecule has 0 aliphatic rings. The van der Waals surface area contributed by atoms with Crippen molar-refractivity contribution in [2.24, 2.45) is 94.2 Å². The molecule has 0 radical (unpaired) electrons. The highest BCUT2D eigenvalue weighted by atomic mass is 16.3. The van der Waals surface area contributed by atoms with Gasteiger partial charge in [0.05, 0.1) is 18.3 Å². The molecule has 0 spiro atoms. The number of hydrogen-bond acceptors (Lipinski definition) is 4. The van der Waals surface area contributed by atoms with E-state index in [2.05, 4.69) is 125 Å². The van der Waals surface area contributed by atoms with Crippen molar-refractivity contribution in [1.82, 2.24) is 0 Å². The fourth-order valence-corrected chi connectivity index (χ4v) is 9.07. The highest BCUT2D eigenvalue weighted by Gasteiger charge is 2.36. The summed E-state index contributed by atoms with van der Waals surface area (Å²) < 4.78 is 0. The second-order valence-electron chi connectivity index (χ2n) is 22.7. The maximum atomic E-state index is 10.2. The first kappa shape index (κ1) is 61.5. The predicted molar refractivity (Wildman–Crippen MR) is 248 cm³/mol. The maximum Gasteiger partial charge on any atom is 0.0854 e. The Morgan fingerprint density at radius 1 is 0.345 bits per heavy atom. The van der Waals surface area contributed by atoms with Gasteiger partial charge in [-0.1, -0.05) is 166 Å². The molecule has 4 atom stereocenters. The van der Waals surface area contributed by atoms with Crippen LogP contribution in [0.4, 0.5) is 0 Å². The Labute approximate surface area is 349 Å². The highest BCUT2D eigenvalue weighted by molar-refractivity contribution is 4.85. The summed E-state index contributed by atoms with van der Waals surface area (Å²) in [6, 6.07) is 0. The van der Waals surface area contributed by atoms with Crippen LogP contribution >= 0.6 is 0 Å². The van der Waals surface area contributed by atoms with E-state index in [0.717, 1.165) is 66.6 Å². The van der Waals surface area contributed by atoms with Crippen LogP contribution in [0.5, 0.6) is 0 Å². The van der Waals surface area contributed by atoms with E-state index in [1.165, 1.54) is 19.3 Å². The number of rotatable bonds is 23. The zero-order valence-electron chi connectivity index (χ0n) is 42.3. The van der Waals surface area contributed by atoms with Gasteiger partial charge in [0, 0.05) is 12.5 Å². The number of aliphatic hydroxyl groups excluding tert-OH is 4. The van der Waals surface area contributed by atoms with Crippen molar-refractivity contribution in [2.45, 2.75) is 229 Å². The van der Waals surface area contributed by atoms with Crippen molar-refractivity contribution in [1.29, 1.82) is 0 Å². The van der Waals surface area contributed by atoms with Crippen LogP contribution in [0.3, 0.4) is 0 Å². The van der Waals surface area contributed by atoms with E-state index in [-0.39, 0.29) is 23.2 Å². The molecule has 338 valence electrons. The summed E-state index contributed by atoms with van der Waals surface area (Å²) in [7, 11) is 0. The Balaban J connectivity index is -0.000000320. The van der Waals surface area contributed by atoms with Gasteiger partial charge < -0.3 is 20.4 Å². The average molecular weight is 787 g/mol. The molecule has 0 bridgehead atoms. The molecule has 4 heteroatoms. The van der Waals surface area contributed by atoms with E-state index >= 15 is 0 Å². The molecule has 0 aliphatic heterocycles. The minimum Gasteiger partial charge on any atom is -0.396 e. The van der Waals surface area contributed by atoms with Gasteiger partial charge in [0.2, 0.25) is 0 Å². The largest absolute Gasteiger partial charge is 0.396 e. The van der Waals surface area contributed by atoms with Crippen molar-refractivity contribution in [3.8, 4) is 0 Å². The molecular weight excluding hydrogens is 677 g/mol. The van der Waals surface area contributed by atoms with Crippen LogP contribution in [-0.4, -0.2) is 45.3 Å². The molecular formula is C51H110O4. The summed E-state index contributed by atoms with van der Waals surface area (Å²) in [6.07, 6.45) is 6.02. The van der Waals surface area contributed by atoms with Gasteiger partial charge in [0.1, 0.15) is 0 Å². The first-order chi connectivity index (χ1) is 24.9. The molecule has 0 heterocycles. The molecule has 0 aromatic carbocycles. The van der Waals surface area contributed by atoms with E-state index in [0.29, 0.717) is 36.7 Å². The maximum absolute atomic E-state index is 10.2. The van der Waals surface area contributed by atoms with Crippen LogP contribution in [0.2, 0.25) is 0 Å².